The lowest BCUT2D eigenvalue weighted by Gasteiger charge is -2.37. The van der Waals surface area contributed by atoms with Gasteiger partial charge in [0.1, 0.15) is 12.4 Å². The van der Waals surface area contributed by atoms with Crippen molar-refractivity contribution in [1.29, 1.82) is 0 Å². The Hall–Kier alpha value is -1.88. The van der Waals surface area contributed by atoms with E-state index in [1.807, 2.05) is 42.3 Å². The van der Waals surface area contributed by atoms with Gasteiger partial charge < -0.3 is 14.7 Å². The molecule has 0 unspecified atom stereocenters. The second kappa shape index (κ2) is 8.00. The zero-order chi connectivity index (χ0) is 17.7. The molecule has 0 radical (unpaired) electrons. The standard InChI is InChI=1S/C20H28N2O3/c1-22-14-8-13-21-18(22)15-25-19(23)20(24,16-9-4-2-5-10-16)17-11-6-3-7-12-17/h2,4-5,9-10,17,24H,3,6-8,11-15H2,1H3/t20-/m1/s1. The van der Waals surface area contributed by atoms with Gasteiger partial charge in [0.2, 0.25) is 0 Å². The highest BCUT2D eigenvalue weighted by Crippen LogP contribution is 2.40. The van der Waals surface area contributed by atoms with E-state index in [9.17, 15) is 9.90 Å². The predicted octanol–water partition coefficient (Wildman–Crippen LogP) is 2.73. The zero-order valence-electron chi connectivity index (χ0n) is 15.0. The second-order valence-electron chi connectivity index (χ2n) is 7.12. The summed E-state index contributed by atoms with van der Waals surface area (Å²) in [6.45, 7) is 1.81. The molecule has 0 bridgehead atoms. The number of hydrogen-bond acceptors (Lipinski definition) is 5. The number of carbonyl (C=O) groups excluding carboxylic acids is 1. The van der Waals surface area contributed by atoms with Gasteiger partial charge in [-0.2, -0.15) is 0 Å². The SMILES string of the molecule is CN1CCCN=C1COC(=O)[C@@](O)(c1ccccc1)C1CCCCC1. The molecule has 1 saturated carbocycles. The molecule has 5 nitrogen and oxygen atoms in total. The predicted molar refractivity (Wildman–Crippen MR) is 97.4 cm³/mol. The largest absolute Gasteiger partial charge is 0.455 e. The first-order valence-corrected chi connectivity index (χ1v) is 9.32. The monoisotopic (exact) mass is 344 g/mol. The van der Waals surface area contributed by atoms with Crippen LogP contribution in [-0.4, -0.2) is 48.6 Å². The lowest BCUT2D eigenvalue weighted by Crippen LogP contribution is -2.46. The van der Waals surface area contributed by atoms with Crippen molar-refractivity contribution in [3.8, 4) is 0 Å². The van der Waals surface area contributed by atoms with E-state index in [1.165, 1.54) is 0 Å². The molecule has 25 heavy (non-hydrogen) atoms. The van der Waals surface area contributed by atoms with Gasteiger partial charge in [-0.3, -0.25) is 4.99 Å². The molecule has 0 amide bonds. The van der Waals surface area contributed by atoms with E-state index < -0.39 is 11.6 Å². The molecule has 1 heterocycles. The third-order valence-electron chi connectivity index (χ3n) is 5.44. The summed E-state index contributed by atoms with van der Waals surface area (Å²) in [6, 6.07) is 9.24. The van der Waals surface area contributed by atoms with Gasteiger partial charge in [0.05, 0.1) is 0 Å². The molecular weight excluding hydrogens is 316 g/mol. The Morgan fingerprint density at radius 3 is 2.64 bits per heavy atom. The normalized spacial score (nSPS) is 21.4. The van der Waals surface area contributed by atoms with E-state index in [4.69, 9.17) is 4.74 Å². The second-order valence-corrected chi connectivity index (χ2v) is 7.12. The number of aliphatic hydroxyl groups is 1. The Balaban J connectivity index is 1.78. The van der Waals surface area contributed by atoms with Crippen molar-refractivity contribution in [2.45, 2.75) is 44.1 Å². The molecule has 2 aliphatic rings. The van der Waals surface area contributed by atoms with Crippen LogP contribution in [0.1, 0.15) is 44.1 Å². The fourth-order valence-electron chi connectivity index (χ4n) is 3.89. The highest BCUT2D eigenvalue weighted by Gasteiger charge is 2.47. The summed E-state index contributed by atoms with van der Waals surface area (Å²) >= 11 is 0. The lowest BCUT2D eigenvalue weighted by molar-refractivity contribution is -0.174. The Kier molecular flexibility index (Phi) is 5.74. The molecule has 1 N–H and O–H groups in total. The van der Waals surface area contributed by atoms with Crippen LogP contribution in [0.2, 0.25) is 0 Å². The van der Waals surface area contributed by atoms with Gasteiger partial charge in [0, 0.05) is 26.1 Å². The first kappa shape index (κ1) is 17.9. The minimum Gasteiger partial charge on any atom is -0.455 e. The number of ether oxygens (including phenoxy) is 1. The summed E-state index contributed by atoms with van der Waals surface area (Å²) in [7, 11) is 1.95. The first-order chi connectivity index (χ1) is 12.1. The van der Waals surface area contributed by atoms with E-state index in [2.05, 4.69) is 4.99 Å². The zero-order valence-corrected chi connectivity index (χ0v) is 15.0. The average molecular weight is 344 g/mol. The maximum atomic E-state index is 13.0. The summed E-state index contributed by atoms with van der Waals surface area (Å²) < 4.78 is 5.56. The van der Waals surface area contributed by atoms with E-state index in [0.717, 1.165) is 57.5 Å². The fraction of sp³-hybridized carbons (Fsp3) is 0.600. The van der Waals surface area contributed by atoms with Crippen LogP contribution in [0, 0.1) is 5.92 Å². The summed E-state index contributed by atoms with van der Waals surface area (Å²) in [5.74, 6) is 0.133. The number of nitrogens with zero attached hydrogens (tertiary/aromatic N) is 2. The van der Waals surface area contributed by atoms with Crippen LogP contribution < -0.4 is 0 Å². The molecule has 1 aromatic rings. The van der Waals surface area contributed by atoms with E-state index in [1.54, 1.807) is 0 Å². The van der Waals surface area contributed by atoms with Crippen molar-refractivity contribution in [3.63, 3.8) is 0 Å². The molecule has 0 saturated heterocycles. The number of likely N-dealkylation sites (N-methyl/N-ethyl adjacent to an activating group) is 1. The number of aliphatic imine (C=N–C) groups is 1. The molecule has 0 aromatic heterocycles. The molecule has 1 atom stereocenters. The van der Waals surface area contributed by atoms with Crippen molar-refractivity contribution >= 4 is 11.8 Å². The lowest BCUT2D eigenvalue weighted by atomic mass is 9.73. The molecule has 3 rings (SSSR count). The van der Waals surface area contributed by atoms with Crippen molar-refractivity contribution in [3.05, 3.63) is 35.9 Å². The minimum atomic E-state index is -1.57. The minimum absolute atomic E-state index is 0.0952. The van der Waals surface area contributed by atoms with Gasteiger partial charge in [0.15, 0.2) is 5.60 Å². The van der Waals surface area contributed by atoms with Crippen molar-refractivity contribution in [2.75, 3.05) is 26.7 Å². The smallest absolute Gasteiger partial charge is 0.343 e. The quantitative estimate of drug-likeness (QED) is 0.834. The average Bonchev–Trinajstić information content (AvgIpc) is 2.68. The third-order valence-corrected chi connectivity index (χ3v) is 5.44. The molecule has 5 heteroatoms. The Morgan fingerprint density at radius 2 is 1.96 bits per heavy atom. The highest BCUT2D eigenvalue weighted by molar-refractivity contribution is 5.88. The molecule has 0 spiro atoms. The number of amidine groups is 1. The van der Waals surface area contributed by atoms with Crippen LogP contribution in [0.3, 0.4) is 0 Å². The molecule has 1 aliphatic heterocycles. The summed E-state index contributed by atoms with van der Waals surface area (Å²) in [5, 5.41) is 11.4. The Labute approximate surface area is 149 Å². The Bertz CT molecular complexity index is 611. The number of carbonyl (C=O) groups is 1. The maximum absolute atomic E-state index is 13.0. The van der Waals surface area contributed by atoms with E-state index in [0.29, 0.717) is 5.56 Å². The first-order valence-electron chi connectivity index (χ1n) is 9.32. The number of esters is 1. The van der Waals surface area contributed by atoms with Gasteiger partial charge >= 0.3 is 5.97 Å². The van der Waals surface area contributed by atoms with Gasteiger partial charge in [-0.15, -0.1) is 0 Å². The maximum Gasteiger partial charge on any atom is 0.343 e. The van der Waals surface area contributed by atoms with Crippen LogP contribution in [0.25, 0.3) is 0 Å². The Morgan fingerprint density at radius 1 is 1.24 bits per heavy atom. The molecule has 1 fully saturated rings. The van der Waals surface area contributed by atoms with Crippen LogP contribution in [0.15, 0.2) is 35.3 Å². The molecule has 1 aromatic carbocycles. The van der Waals surface area contributed by atoms with Crippen molar-refractivity contribution < 1.29 is 14.6 Å². The van der Waals surface area contributed by atoms with Crippen molar-refractivity contribution in [2.24, 2.45) is 10.9 Å². The summed E-state index contributed by atoms with van der Waals surface area (Å²) in [5.41, 5.74) is -0.944. The van der Waals surface area contributed by atoms with Gasteiger partial charge in [-0.25, -0.2) is 4.79 Å². The highest BCUT2D eigenvalue weighted by atomic mass is 16.6. The van der Waals surface area contributed by atoms with Crippen LogP contribution in [0.4, 0.5) is 0 Å². The van der Waals surface area contributed by atoms with Crippen molar-refractivity contribution in [1.82, 2.24) is 4.90 Å². The van der Waals surface area contributed by atoms with Gasteiger partial charge in [-0.05, 0) is 24.8 Å². The van der Waals surface area contributed by atoms with E-state index >= 15 is 0 Å². The molecule has 1 aliphatic carbocycles. The fourth-order valence-corrected chi connectivity index (χ4v) is 3.89. The van der Waals surface area contributed by atoms with Crippen LogP contribution in [0.5, 0.6) is 0 Å². The summed E-state index contributed by atoms with van der Waals surface area (Å²) in [6.07, 6.45) is 5.97. The summed E-state index contributed by atoms with van der Waals surface area (Å²) in [4.78, 5) is 19.4. The van der Waals surface area contributed by atoms with Gasteiger partial charge in [0.25, 0.3) is 0 Å². The van der Waals surface area contributed by atoms with E-state index in [-0.39, 0.29) is 12.5 Å². The molecular formula is C20H28N2O3. The number of benzene rings is 1. The third kappa shape index (κ3) is 3.87. The number of rotatable bonds is 5. The topological polar surface area (TPSA) is 62.1 Å². The van der Waals surface area contributed by atoms with Crippen LogP contribution in [-0.2, 0) is 15.1 Å². The van der Waals surface area contributed by atoms with Gasteiger partial charge in [-0.1, -0.05) is 49.6 Å². The van der Waals surface area contributed by atoms with Crippen LogP contribution >= 0.6 is 0 Å². The molecule has 136 valence electrons. The number of hydrogen-bond donors (Lipinski definition) is 1.